The van der Waals surface area contributed by atoms with Crippen molar-refractivity contribution < 1.29 is 47.8 Å². The van der Waals surface area contributed by atoms with Gasteiger partial charge in [-0.15, -0.1) is 0 Å². The van der Waals surface area contributed by atoms with E-state index in [4.69, 9.17) is 0 Å². The first-order chi connectivity index (χ1) is 17.9. The molecule has 0 spiro atoms. The van der Waals surface area contributed by atoms with E-state index in [0.29, 0.717) is 22.6 Å². The van der Waals surface area contributed by atoms with E-state index in [1.165, 1.54) is 24.6 Å². The van der Waals surface area contributed by atoms with Crippen molar-refractivity contribution in [3.63, 3.8) is 0 Å². The van der Waals surface area contributed by atoms with Crippen LogP contribution in [0.3, 0.4) is 0 Å². The smallest absolute Gasteiger partial charge is 0.220 e. The normalized spacial score (nSPS) is 11.6. The summed E-state index contributed by atoms with van der Waals surface area (Å²) in [6.07, 6.45) is -1.87. The number of rotatable bonds is 9. The van der Waals surface area contributed by atoms with Crippen LogP contribution in [-0.2, 0) is 11.3 Å². The van der Waals surface area contributed by atoms with Gasteiger partial charge in [0.15, 0.2) is 6.10 Å². The fourth-order valence-electron chi connectivity index (χ4n) is 3.95. The molecule has 0 amide bonds. The molecule has 0 bridgehead atoms. The van der Waals surface area contributed by atoms with Crippen LogP contribution < -0.4 is 29.6 Å². The molecule has 0 saturated heterocycles. The molecule has 4 aromatic carbocycles. The third-order valence-electron chi connectivity index (χ3n) is 5.72. The molecule has 181 valence electrons. The zero-order chi connectivity index (χ0) is 26.3. The predicted molar refractivity (Wildman–Crippen MR) is 135 cm³/mol. The third kappa shape index (κ3) is 7.36. The van der Waals surface area contributed by atoms with Crippen molar-refractivity contribution in [2.75, 3.05) is 0 Å². The quantitative estimate of drug-likeness (QED) is 0.295. The molecule has 0 N–H and O–H groups in total. The number of halogens is 3. The van der Waals surface area contributed by atoms with Gasteiger partial charge < -0.3 is 0 Å². The van der Waals surface area contributed by atoms with Gasteiger partial charge in [-0.2, -0.15) is 18.4 Å². The van der Waals surface area contributed by atoms with Gasteiger partial charge in [0.1, 0.15) is 5.92 Å². The van der Waals surface area contributed by atoms with Crippen molar-refractivity contribution in [3.8, 4) is 6.07 Å². The Morgan fingerprint density at radius 2 is 1.13 bits per heavy atom. The van der Waals surface area contributed by atoms with Crippen molar-refractivity contribution in [3.05, 3.63) is 180 Å². The molecular weight excluding hydrogens is 494 g/mol. The largest absolute Gasteiger partial charge is 1.00 e. The first kappa shape index (κ1) is 29.7. The van der Waals surface area contributed by atoms with E-state index in [-0.39, 0.29) is 53.1 Å². The van der Waals surface area contributed by atoms with E-state index in [1.54, 1.807) is 91.3 Å². The average Bonchev–Trinajstić information content (AvgIpc) is 2.93. The van der Waals surface area contributed by atoms with Gasteiger partial charge in [0.05, 0.1) is 11.6 Å². The molecule has 0 aromatic heterocycles. The van der Waals surface area contributed by atoms with E-state index >= 15 is 0 Å². The topological polar surface area (TPSA) is 43.7 Å². The van der Waals surface area contributed by atoms with E-state index < -0.39 is 11.7 Å². The second-order valence-corrected chi connectivity index (χ2v) is 8.15. The van der Waals surface area contributed by atoms with Crippen molar-refractivity contribution in [1.29, 1.82) is 5.26 Å². The molecule has 4 aromatic rings. The van der Waals surface area contributed by atoms with Crippen molar-refractivity contribution in [2.45, 2.75) is 6.18 Å². The molecule has 7 radical (unpaired) electrons. The fraction of sp³-hybridized carbons (Fsp3) is 0.0312. The second-order valence-electron chi connectivity index (χ2n) is 8.15. The number of alkyl halides is 3. The van der Waals surface area contributed by atoms with Gasteiger partial charge in [-0.3, -0.25) is 0 Å². The predicted octanol–water partition coefficient (Wildman–Crippen LogP) is 4.82. The number of hydrogen-bond acceptors (Lipinski definition) is 1. The Morgan fingerprint density at radius 3 is 1.66 bits per heavy atom. The zero-order valence-electron chi connectivity index (χ0n) is 20.6. The molecule has 0 unspecified atom stereocenters. The van der Waals surface area contributed by atoms with Gasteiger partial charge in [-0.25, -0.2) is 5.11 Å². The Hall–Kier alpha value is -2.88. The number of nitriles is 1. The molecule has 0 fully saturated rings. The first-order valence-corrected chi connectivity index (χ1v) is 11.5. The third-order valence-corrected chi connectivity index (χ3v) is 5.72. The van der Waals surface area contributed by atoms with E-state index in [0.717, 1.165) is 6.07 Å². The molecule has 6 heteroatoms. The van der Waals surface area contributed by atoms with Crippen molar-refractivity contribution in [1.82, 2.24) is 0 Å². The molecule has 0 aliphatic carbocycles. The zero-order valence-corrected chi connectivity index (χ0v) is 22.6. The number of hydrogen-bond donors (Lipinski definition) is 0. The summed E-state index contributed by atoms with van der Waals surface area (Å²) in [5.74, 6) is 0.592. The molecule has 0 heterocycles. The van der Waals surface area contributed by atoms with Crippen LogP contribution in [0, 0.1) is 48.0 Å². The molecule has 2 nitrogen and oxygen atoms in total. The van der Waals surface area contributed by atoms with Crippen LogP contribution in [0.25, 0.3) is 0 Å². The van der Waals surface area contributed by atoms with Gasteiger partial charge in [0.25, 0.3) is 0 Å². The van der Waals surface area contributed by atoms with Crippen LogP contribution in [-0.4, -0.2) is 0 Å². The van der Waals surface area contributed by atoms with Gasteiger partial charge in [0, 0.05) is 18.3 Å². The molecule has 0 atom stereocenters. The second kappa shape index (κ2) is 13.8. The minimum atomic E-state index is -4.65. The van der Waals surface area contributed by atoms with E-state index in [1.807, 2.05) is 12.1 Å². The maximum absolute atomic E-state index is 13.9. The standard InChI is InChI=1S/C32H21F3NO.Na/c33-32(34,35)30-19-11-10-18-27(30)29(22-36)28(24-14-6-2-7-15-24)20-26(23-12-4-1-5-13-23)21-31(37)25-16-8-3-9-17-25;/h1-21H;/q;+1. The molecule has 0 saturated carbocycles. The van der Waals surface area contributed by atoms with Crippen molar-refractivity contribution >= 4 is 0 Å². The van der Waals surface area contributed by atoms with Crippen LogP contribution >= 0.6 is 0 Å². The summed E-state index contributed by atoms with van der Waals surface area (Å²) in [5, 5.41) is 23.3. The summed E-state index contributed by atoms with van der Waals surface area (Å²) in [6.45, 7) is 0. The van der Waals surface area contributed by atoms with Crippen LogP contribution in [0.1, 0.15) is 27.8 Å². The molecular formula is C32H21F3NNaO+. The van der Waals surface area contributed by atoms with Crippen molar-refractivity contribution in [2.24, 2.45) is 0 Å². The first-order valence-electron chi connectivity index (χ1n) is 11.5. The van der Waals surface area contributed by atoms with E-state index in [2.05, 4.69) is 0 Å². The SMILES string of the molecule is N#C[C]([C]([CH][C]([CH][C]([O])c1ccccc1)c1ccccc1)c1ccccc1)c1ccccc1C(F)(F)F.[Na+]. The number of benzene rings is 4. The minimum absolute atomic E-state index is 0. The summed E-state index contributed by atoms with van der Waals surface area (Å²) >= 11 is 0. The van der Waals surface area contributed by atoms with Crippen LogP contribution in [0.4, 0.5) is 13.2 Å². The summed E-state index contributed by atoms with van der Waals surface area (Å²) in [5.41, 5.74) is 0.567. The Bertz CT molecular complexity index is 1310. The molecule has 0 aliphatic heterocycles. The average molecular weight is 516 g/mol. The summed E-state index contributed by atoms with van der Waals surface area (Å²) < 4.78 is 41.7. The molecule has 4 rings (SSSR count). The molecule has 38 heavy (non-hydrogen) atoms. The maximum Gasteiger partial charge on any atom is 1.00 e. The Labute approximate surface area is 244 Å². The van der Waals surface area contributed by atoms with Crippen LogP contribution in [0.5, 0.6) is 0 Å². The van der Waals surface area contributed by atoms with Gasteiger partial charge >= 0.3 is 35.7 Å². The van der Waals surface area contributed by atoms with Gasteiger partial charge in [-0.05, 0) is 34.7 Å². The van der Waals surface area contributed by atoms with Gasteiger partial charge in [-0.1, -0.05) is 109 Å². The maximum atomic E-state index is 13.9. The summed E-state index contributed by atoms with van der Waals surface area (Å²) in [4.78, 5) is 0. The summed E-state index contributed by atoms with van der Waals surface area (Å²) in [6, 6.07) is 33.5. The fourth-order valence-corrected chi connectivity index (χ4v) is 3.95. The minimum Gasteiger partial charge on any atom is -0.220 e. The Balaban J connectivity index is 0.00000400. The monoisotopic (exact) mass is 515 g/mol. The van der Waals surface area contributed by atoms with Crippen LogP contribution in [0.15, 0.2) is 115 Å². The van der Waals surface area contributed by atoms with Crippen LogP contribution in [0.2, 0.25) is 0 Å². The number of nitrogens with zero attached hydrogens (tertiary/aromatic N) is 1. The van der Waals surface area contributed by atoms with Gasteiger partial charge in [0.2, 0.25) is 0 Å². The molecule has 0 aliphatic rings. The Kier molecular flexibility index (Phi) is 10.8. The Morgan fingerprint density at radius 1 is 0.658 bits per heavy atom. The van der Waals surface area contributed by atoms with E-state index in [9.17, 15) is 23.5 Å². The summed E-state index contributed by atoms with van der Waals surface area (Å²) in [7, 11) is 0.